The van der Waals surface area contributed by atoms with Gasteiger partial charge in [-0.3, -0.25) is 0 Å². The molecule has 1 radical (unpaired) electrons. The maximum atomic E-state index is 11.4. The van der Waals surface area contributed by atoms with Crippen LogP contribution in [0.1, 0.15) is 157 Å². The second kappa shape index (κ2) is 33.0. The van der Waals surface area contributed by atoms with Gasteiger partial charge in [-0.1, -0.05) is 119 Å². The van der Waals surface area contributed by atoms with E-state index in [0.29, 0.717) is 37.0 Å². The molecule has 0 spiro atoms. The third-order valence-corrected chi connectivity index (χ3v) is 12.6. The molecule has 0 aromatic rings. The minimum atomic E-state index is -3.00. The van der Waals surface area contributed by atoms with Crippen LogP contribution in [0, 0.1) is 0 Å². The molecule has 0 rings (SSSR count). The number of hydrogen-bond acceptors (Lipinski definition) is 6. The zero-order chi connectivity index (χ0) is 30.5. The number of rotatable bonds is 24. The Hall–Kier alpha value is 1.09. The minimum Gasteiger partial charge on any atom is -0.799 e. The minimum absolute atomic E-state index is 0. The third kappa shape index (κ3) is 41.2. The van der Waals surface area contributed by atoms with E-state index < -0.39 is 22.1 Å². The van der Waals surface area contributed by atoms with E-state index in [-0.39, 0.29) is 17.1 Å². The van der Waals surface area contributed by atoms with Crippen LogP contribution in [-0.2, 0) is 30.8 Å². The fraction of sp³-hybridized carbons (Fsp3) is 1.00. The number of hydrogen-bond donors (Lipinski definition) is 0. The normalized spacial score (nSPS) is 15.2. The summed E-state index contributed by atoms with van der Waals surface area (Å²) in [5.74, 6) is 0. The van der Waals surface area contributed by atoms with Crippen LogP contribution in [-0.4, -0.2) is 37.0 Å². The van der Waals surface area contributed by atoms with Crippen LogP contribution in [0.15, 0.2) is 0 Å². The van der Waals surface area contributed by atoms with Gasteiger partial charge in [0.1, 0.15) is 0 Å². The Bertz CT molecular complexity index is 563. The zero-order valence-corrected chi connectivity index (χ0v) is 30.9. The van der Waals surface area contributed by atoms with Crippen LogP contribution in [0.5, 0.6) is 0 Å². The van der Waals surface area contributed by atoms with Crippen molar-refractivity contribution >= 4 is 22.1 Å². The van der Waals surface area contributed by atoms with E-state index in [2.05, 4.69) is 20.8 Å². The van der Waals surface area contributed by atoms with Gasteiger partial charge in [0.05, 0.1) is 0 Å². The molecule has 10 heteroatoms. The predicted octanol–water partition coefficient (Wildman–Crippen LogP) is 9.01. The van der Waals surface area contributed by atoms with E-state index >= 15 is 0 Å². The molecule has 0 fully saturated rings. The van der Waals surface area contributed by atoms with Crippen LogP contribution in [0.4, 0.5) is 0 Å². The second-order valence-corrected chi connectivity index (χ2v) is 18.6. The Balaban J connectivity index is -0.000000240. The van der Waals surface area contributed by atoms with Crippen molar-refractivity contribution in [3.8, 4) is 0 Å². The van der Waals surface area contributed by atoms with Gasteiger partial charge in [0, 0.05) is 22.1 Å². The summed E-state index contributed by atoms with van der Waals surface area (Å²) in [7, 11) is -9.00. The summed E-state index contributed by atoms with van der Waals surface area (Å²) in [6, 6.07) is 0. The van der Waals surface area contributed by atoms with Gasteiger partial charge >= 0.3 is 17.1 Å². The second-order valence-electron chi connectivity index (χ2n) is 11.0. The van der Waals surface area contributed by atoms with Gasteiger partial charge in [0.25, 0.3) is 0 Å². The summed E-state index contributed by atoms with van der Waals surface area (Å²) in [6.45, 7) is 12.5. The van der Waals surface area contributed by atoms with Gasteiger partial charge in [0.15, 0.2) is 0 Å². The van der Waals surface area contributed by atoms with E-state index in [1.54, 1.807) is 0 Å². The Labute approximate surface area is 260 Å². The standard InChI is InChI=1S/3C10H23O2P.Fe/c3*1-3-5-7-8-10-13(11,12)9-6-4-2;/h3*3-10H2,1-2H3,(H,11,12);/q;;;+3/p-3. The van der Waals surface area contributed by atoms with Crippen molar-refractivity contribution in [1.82, 2.24) is 0 Å². The average molecular weight is 672 g/mol. The van der Waals surface area contributed by atoms with E-state index in [0.717, 1.165) is 116 Å². The molecule has 0 N–H and O–H groups in total. The third-order valence-electron chi connectivity index (χ3n) is 6.61. The van der Waals surface area contributed by atoms with Crippen molar-refractivity contribution in [2.24, 2.45) is 0 Å². The van der Waals surface area contributed by atoms with E-state index in [4.69, 9.17) is 0 Å². The first-order valence-corrected chi connectivity index (χ1v) is 22.2. The molecular weight excluding hydrogens is 605 g/mol. The molecular formula is C30H66FeO6P3. The first-order valence-electron chi connectivity index (χ1n) is 16.2. The average Bonchev–Trinajstić information content (AvgIpc) is 2.89. The summed E-state index contributed by atoms with van der Waals surface area (Å²) in [4.78, 5) is 34.1. The van der Waals surface area contributed by atoms with Crippen LogP contribution in [0.25, 0.3) is 0 Å². The number of unbranched alkanes of at least 4 members (excludes halogenated alkanes) is 12. The topological polar surface area (TPSA) is 120 Å². The molecule has 0 amide bonds. The molecule has 0 aromatic carbocycles. The van der Waals surface area contributed by atoms with Crippen molar-refractivity contribution in [2.45, 2.75) is 157 Å². The quantitative estimate of drug-likeness (QED) is 0.0574. The van der Waals surface area contributed by atoms with E-state index in [1.807, 2.05) is 20.8 Å². The van der Waals surface area contributed by atoms with Crippen molar-refractivity contribution < 1.29 is 45.4 Å². The maximum Gasteiger partial charge on any atom is 3.00 e. The van der Waals surface area contributed by atoms with Crippen LogP contribution in [0.2, 0.25) is 0 Å². The predicted molar refractivity (Wildman–Crippen MR) is 169 cm³/mol. The molecule has 3 atom stereocenters. The smallest absolute Gasteiger partial charge is 0.799 e. The van der Waals surface area contributed by atoms with Gasteiger partial charge in [-0.25, -0.2) is 0 Å². The van der Waals surface area contributed by atoms with Crippen LogP contribution in [0.3, 0.4) is 0 Å². The molecule has 0 bridgehead atoms. The molecule has 40 heavy (non-hydrogen) atoms. The SMILES string of the molecule is CCCCCCP(=O)([O-])CCCC.CCCCCCP(=O)([O-])CCCC.CCCCCCP(=O)([O-])CCCC.[Fe+3]. The molecule has 0 saturated carbocycles. The Kier molecular flexibility index (Phi) is 39.6. The molecule has 3 unspecified atom stereocenters. The largest absolute Gasteiger partial charge is 3.00 e. The first-order chi connectivity index (χ1) is 18.4. The van der Waals surface area contributed by atoms with Gasteiger partial charge in [-0.05, 0) is 75.5 Å². The molecule has 0 aromatic heterocycles. The van der Waals surface area contributed by atoms with E-state index in [1.165, 1.54) is 0 Å². The summed E-state index contributed by atoms with van der Waals surface area (Å²) in [5, 5.41) is 0. The molecule has 0 aliphatic heterocycles. The first kappa shape index (κ1) is 48.0. The van der Waals surface area contributed by atoms with Crippen molar-refractivity contribution in [3.05, 3.63) is 0 Å². The molecule has 245 valence electrons. The summed E-state index contributed by atoms with van der Waals surface area (Å²) < 4.78 is 34.1. The summed E-state index contributed by atoms with van der Waals surface area (Å²) in [6.07, 6.45) is 20.7. The van der Waals surface area contributed by atoms with Gasteiger partial charge in [-0.15, -0.1) is 0 Å². The monoisotopic (exact) mass is 671 g/mol. The van der Waals surface area contributed by atoms with Crippen LogP contribution >= 0.6 is 22.1 Å². The van der Waals surface area contributed by atoms with Gasteiger partial charge in [0.2, 0.25) is 0 Å². The molecule has 0 aliphatic rings. The van der Waals surface area contributed by atoms with Crippen molar-refractivity contribution in [1.29, 1.82) is 0 Å². The molecule has 0 heterocycles. The van der Waals surface area contributed by atoms with Crippen molar-refractivity contribution in [2.75, 3.05) is 37.0 Å². The fourth-order valence-electron chi connectivity index (χ4n) is 3.87. The Morgan fingerprint density at radius 1 is 0.325 bits per heavy atom. The van der Waals surface area contributed by atoms with Crippen molar-refractivity contribution in [3.63, 3.8) is 0 Å². The maximum absolute atomic E-state index is 11.4. The Morgan fingerprint density at radius 3 is 0.675 bits per heavy atom. The molecule has 0 saturated heterocycles. The summed E-state index contributed by atoms with van der Waals surface area (Å²) in [5.41, 5.74) is 0. The van der Waals surface area contributed by atoms with Gasteiger partial charge < -0.3 is 28.4 Å². The molecule has 0 aliphatic carbocycles. The fourth-order valence-corrected chi connectivity index (χ4v) is 9.05. The van der Waals surface area contributed by atoms with E-state index in [9.17, 15) is 28.4 Å². The zero-order valence-electron chi connectivity index (χ0n) is 27.1. The van der Waals surface area contributed by atoms with Crippen LogP contribution < -0.4 is 14.7 Å². The Morgan fingerprint density at radius 2 is 0.500 bits per heavy atom. The summed E-state index contributed by atoms with van der Waals surface area (Å²) >= 11 is 0. The van der Waals surface area contributed by atoms with Gasteiger partial charge in [-0.2, -0.15) is 0 Å². The molecule has 6 nitrogen and oxygen atoms in total.